The summed E-state index contributed by atoms with van der Waals surface area (Å²) in [7, 11) is 0. The van der Waals surface area contributed by atoms with E-state index in [1.54, 1.807) is 11.3 Å². The Bertz CT molecular complexity index is 480. The third-order valence-electron chi connectivity index (χ3n) is 2.14. The summed E-state index contributed by atoms with van der Waals surface area (Å²) in [5.74, 6) is 0.228. The molecule has 0 amide bonds. The molecule has 6 heteroatoms. The maximum absolute atomic E-state index is 12.4. The molecule has 0 aromatic carbocycles. The molecule has 0 unspecified atom stereocenters. The lowest BCUT2D eigenvalue weighted by Gasteiger charge is -2.09. The molecule has 0 saturated heterocycles. The van der Waals surface area contributed by atoms with Crippen molar-refractivity contribution in [3.05, 3.63) is 46.3 Å². The normalized spacial score (nSPS) is 11.5. The summed E-state index contributed by atoms with van der Waals surface area (Å²) in [6.45, 7) is 0.470. The topological polar surface area (TPSA) is 24.9 Å². The van der Waals surface area contributed by atoms with E-state index in [0.717, 1.165) is 23.9 Å². The standard InChI is InChI=1S/C11H9F3N2S/c12-11(13,14)9-1-3-15-10(5-9)16-6-8-2-4-17-7-8/h1-5,7H,6H2,(H,15,16). The molecule has 17 heavy (non-hydrogen) atoms. The predicted molar refractivity (Wildman–Crippen MR) is 60.9 cm³/mol. The largest absolute Gasteiger partial charge is 0.416 e. The molecular weight excluding hydrogens is 249 g/mol. The summed E-state index contributed by atoms with van der Waals surface area (Å²) in [4.78, 5) is 3.84. The van der Waals surface area contributed by atoms with Crippen LogP contribution in [0.3, 0.4) is 0 Å². The van der Waals surface area contributed by atoms with Crippen LogP contribution in [0.1, 0.15) is 11.1 Å². The Hall–Kier alpha value is -1.56. The zero-order valence-corrected chi connectivity index (χ0v) is 9.48. The number of rotatable bonds is 3. The number of nitrogens with zero attached hydrogens (tertiary/aromatic N) is 1. The molecule has 2 aromatic heterocycles. The second-order valence-corrected chi connectivity index (χ2v) is 4.19. The van der Waals surface area contributed by atoms with Crippen LogP contribution in [-0.2, 0) is 12.7 Å². The van der Waals surface area contributed by atoms with Crippen LogP contribution in [0, 0.1) is 0 Å². The number of alkyl halides is 3. The van der Waals surface area contributed by atoms with Gasteiger partial charge in [0.1, 0.15) is 5.82 Å². The quantitative estimate of drug-likeness (QED) is 0.906. The number of thiophene rings is 1. The Kier molecular flexibility index (Phi) is 3.33. The minimum Gasteiger partial charge on any atom is -0.366 e. The summed E-state index contributed by atoms with van der Waals surface area (Å²) in [5, 5.41) is 6.70. The van der Waals surface area contributed by atoms with E-state index in [-0.39, 0.29) is 5.82 Å². The third-order valence-corrected chi connectivity index (χ3v) is 2.87. The number of pyridine rings is 1. The van der Waals surface area contributed by atoms with Crippen LogP contribution in [0.15, 0.2) is 35.2 Å². The summed E-state index contributed by atoms with van der Waals surface area (Å²) in [6, 6.07) is 3.87. The van der Waals surface area contributed by atoms with Crippen molar-refractivity contribution < 1.29 is 13.2 Å². The van der Waals surface area contributed by atoms with Gasteiger partial charge in [-0.2, -0.15) is 24.5 Å². The number of halogens is 3. The van der Waals surface area contributed by atoms with E-state index in [0.29, 0.717) is 6.54 Å². The van der Waals surface area contributed by atoms with Gasteiger partial charge < -0.3 is 5.32 Å². The monoisotopic (exact) mass is 258 g/mol. The highest BCUT2D eigenvalue weighted by Gasteiger charge is 2.30. The van der Waals surface area contributed by atoms with Gasteiger partial charge in [-0.15, -0.1) is 0 Å². The van der Waals surface area contributed by atoms with Crippen molar-refractivity contribution in [1.29, 1.82) is 0 Å². The molecule has 0 aliphatic rings. The number of aromatic nitrogens is 1. The van der Waals surface area contributed by atoms with Gasteiger partial charge in [0.05, 0.1) is 5.56 Å². The molecule has 0 aliphatic carbocycles. The first-order chi connectivity index (χ1) is 8.05. The zero-order chi connectivity index (χ0) is 12.3. The van der Waals surface area contributed by atoms with E-state index in [1.807, 2.05) is 16.8 Å². The molecule has 2 nitrogen and oxygen atoms in total. The number of hydrogen-bond donors (Lipinski definition) is 1. The minimum absolute atomic E-state index is 0.228. The fourth-order valence-electron chi connectivity index (χ4n) is 1.29. The number of nitrogens with one attached hydrogen (secondary N) is 1. The van der Waals surface area contributed by atoms with Crippen molar-refractivity contribution in [2.24, 2.45) is 0 Å². The van der Waals surface area contributed by atoms with Crippen molar-refractivity contribution in [2.45, 2.75) is 12.7 Å². The van der Waals surface area contributed by atoms with Crippen LogP contribution in [0.25, 0.3) is 0 Å². The van der Waals surface area contributed by atoms with Crippen LogP contribution in [0.5, 0.6) is 0 Å². The smallest absolute Gasteiger partial charge is 0.366 e. The van der Waals surface area contributed by atoms with Crippen molar-refractivity contribution in [2.75, 3.05) is 5.32 Å². The fourth-order valence-corrected chi connectivity index (χ4v) is 1.96. The average Bonchev–Trinajstić information content (AvgIpc) is 2.78. The predicted octanol–water partition coefficient (Wildman–Crippen LogP) is 3.77. The molecule has 0 atom stereocenters. The summed E-state index contributed by atoms with van der Waals surface area (Å²) in [5.41, 5.74) is 0.328. The van der Waals surface area contributed by atoms with Gasteiger partial charge in [-0.3, -0.25) is 0 Å². The number of anilines is 1. The minimum atomic E-state index is -4.33. The van der Waals surface area contributed by atoms with Crippen molar-refractivity contribution >= 4 is 17.2 Å². The molecule has 2 aromatic rings. The lowest BCUT2D eigenvalue weighted by molar-refractivity contribution is -0.137. The molecule has 0 bridgehead atoms. The average molecular weight is 258 g/mol. The molecule has 0 saturated carbocycles. The lowest BCUT2D eigenvalue weighted by Crippen LogP contribution is -2.07. The molecule has 2 heterocycles. The first-order valence-electron chi connectivity index (χ1n) is 4.84. The Morgan fingerprint density at radius 1 is 1.29 bits per heavy atom. The summed E-state index contributed by atoms with van der Waals surface area (Å²) in [6.07, 6.45) is -3.18. The maximum Gasteiger partial charge on any atom is 0.416 e. The Balaban J connectivity index is 2.07. The van der Waals surface area contributed by atoms with Crippen molar-refractivity contribution in [1.82, 2.24) is 4.98 Å². The molecule has 0 radical (unpaired) electrons. The first kappa shape index (κ1) is 11.9. The van der Waals surface area contributed by atoms with Crippen LogP contribution in [-0.4, -0.2) is 4.98 Å². The zero-order valence-electron chi connectivity index (χ0n) is 8.66. The first-order valence-corrected chi connectivity index (χ1v) is 5.78. The van der Waals surface area contributed by atoms with E-state index in [1.165, 1.54) is 0 Å². The SMILES string of the molecule is FC(F)(F)c1ccnc(NCc2ccsc2)c1. The second-order valence-electron chi connectivity index (χ2n) is 3.41. The fraction of sp³-hybridized carbons (Fsp3) is 0.182. The lowest BCUT2D eigenvalue weighted by atomic mass is 10.2. The van der Waals surface area contributed by atoms with Gasteiger partial charge in [-0.1, -0.05) is 0 Å². The van der Waals surface area contributed by atoms with Crippen LogP contribution in [0.4, 0.5) is 19.0 Å². The number of hydrogen-bond acceptors (Lipinski definition) is 3. The van der Waals surface area contributed by atoms with Gasteiger partial charge in [-0.25, -0.2) is 4.98 Å². The van der Waals surface area contributed by atoms with Gasteiger partial charge in [0.25, 0.3) is 0 Å². The molecule has 90 valence electrons. The Labute approximate surface area is 100 Å². The van der Waals surface area contributed by atoms with Crippen LogP contribution >= 0.6 is 11.3 Å². The van der Waals surface area contributed by atoms with Crippen LogP contribution < -0.4 is 5.32 Å². The van der Waals surface area contributed by atoms with E-state index >= 15 is 0 Å². The molecular formula is C11H9F3N2S. The van der Waals surface area contributed by atoms with E-state index in [9.17, 15) is 13.2 Å². The van der Waals surface area contributed by atoms with Gasteiger partial charge in [0.15, 0.2) is 0 Å². The van der Waals surface area contributed by atoms with Crippen LogP contribution in [0.2, 0.25) is 0 Å². The molecule has 0 spiro atoms. The second kappa shape index (κ2) is 4.75. The van der Waals surface area contributed by atoms with Crippen molar-refractivity contribution in [3.8, 4) is 0 Å². The molecule has 0 aliphatic heterocycles. The highest BCUT2D eigenvalue weighted by atomic mass is 32.1. The van der Waals surface area contributed by atoms with Crippen molar-refractivity contribution in [3.63, 3.8) is 0 Å². The maximum atomic E-state index is 12.4. The molecule has 0 fully saturated rings. The van der Waals surface area contributed by atoms with E-state index in [2.05, 4.69) is 10.3 Å². The van der Waals surface area contributed by atoms with E-state index < -0.39 is 11.7 Å². The highest BCUT2D eigenvalue weighted by molar-refractivity contribution is 7.07. The summed E-state index contributed by atoms with van der Waals surface area (Å²) >= 11 is 1.54. The highest BCUT2D eigenvalue weighted by Crippen LogP contribution is 2.29. The van der Waals surface area contributed by atoms with Gasteiger partial charge in [0, 0.05) is 12.7 Å². The third kappa shape index (κ3) is 3.20. The molecule has 1 N–H and O–H groups in total. The Morgan fingerprint density at radius 2 is 2.12 bits per heavy atom. The van der Waals surface area contributed by atoms with E-state index in [4.69, 9.17) is 0 Å². The van der Waals surface area contributed by atoms with Gasteiger partial charge in [0.2, 0.25) is 0 Å². The Morgan fingerprint density at radius 3 is 2.76 bits per heavy atom. The van der Waals surface area contributed by atoms with Gasteiger partial charge >= 0.3 is 6.18 Å². The molecule has 2 rings (SSSR count). The summed E-state index contributed by atoms with van der Waals surface area (Å²) < 4.78 is 37.3. The van der Waals surface area contributed by atoms with Gasteiger partial charge in [-0.05, 0) is 34.5 Å².